The fourth-order valence-electron chi connectivity index (χ4n) is 2.41. The Hall–Kier alpha value is -2.69. The van der Waals surface area contributed by atoms with Crippen LogP contribution in [0.4, 0.5) is 10.2 Å². The van der Waals surface area contributed by atoms with E-state index in [0.29, 0.717) is 34.2 Å². The third-order valence-corrected chi connectivity index (χ3v) is 3.72. The molecular formula is C17H14FN3O. The number of halogens is 1. The Morgan fingerprint density at radius 3 is 2.68 bits per heavy atom. The Bertz CT molecular complexity index is 862. The molecule has 1 aliphatic carbocycles. The van der Waals surface area contributed by atoms with Gasteiger partial charge in [-0.3, -0.25) is 0 Å². The van der Waals surface area contributed by atoms with E-state index < -0.39 is 0 Å². The van der Waals surface area contributed by atoms with Crippen LogP contribution in [0, 0.1) is 5.82 Å². The predicted molar refractivity (Wildman–Crippen MR) is 83.2 cm³/mol. The zero-order valence-corrected chi connectivity index (χ0v) is 11.8. The molecule has 1 heterocycles. The molecule has 1 saturated carbocycles. The molecule has 22 heavy (non-hydrogen) atoms. The van der Waals surface area contributed by atoms with Gasteiger partial charge in [-0.25, -0.2) is 14.4 Å². The Kier molecular flexibility index (Phi) is 2.92. The molecule has 0 unspecified atom stereocenters. The molecule has 5 heteroatoms. The number of hydrogen-bond acceptors (Lipinski definition) is 4. The van der Waals surface area contributed by atoms with Crippen molar-refractivity contribution in [2.24, 2.45) is 0 Å². The van der Waals surface area contributed by atoms with Crippen molar-refractivity contribution in [3.05, 3.63) is 48.3 Å². The first-order valence-electron chi connectivity index (χ1n) is 7.23. The highest BCUT2D eigenvalue weighted by Gasteiger charge is 2.23. The third-order valence-electron chi connectivity index (χ3n) is 3.72. The SMILES string of the molecule is Oc1ccccc1-c1nc(NC2CC2)c2cc(F)ccc2n1. The number of nitrogens with zero attached hydrogens (tertiary/aromatic N) is 2. The summed E-state index contributed by atoms with van der Waals surface area (Å²) < 4.78 is 13.5. The zero-order chi connectivity index (χ0) is 15.1. The second-order valence-corrected chi connectivity index (χ2v) is 5.49. The van der Waals surface area contributed by atoms with Gasteiger partial charge in [0.15, 0.2) is 5.82 Å². The number of anilines is 1. The molecule has 1 aromatic heterocycles. The average Bonchev–Trinajstić information content (AvgIpc) is 3.32. The molecule has 0 amide bonds. The van der Waals surface area contributed by atoms with Crippen LogP contribution in [-0.2, 0) is 0 Å². The fourth-order valence-corrected chi connectivity index (χ4v) is 2.41. The Balaban J connectivity index is 1.92. The molecule has 0 atom stereocenters. The van der Waals surface area contributed by atoms with Crippen molar-refractivity contribution >= 4 is 16.7 Å². The van der Waals surface area contributed by atoms with Crippen molar-refractivity contribution in [3.63, 3.8) is 0 Å². The maximum Gasteiger partial charge on any atom is 0.165 e. The number of para-hydroxylation sites is 1. The number of nitrogens with one attached hydrogen (secondary N) is 1. The first-order valence-corrected chi connectivity index (χ1v) is 7.23. The van der Waals surface area contributed by atoms with E-state index >= 15 is 0 Å². The van der Waals surface area contributed by atoms with Gasteiger partial charge in [0.25, 0.3) is 0 Å². The van der Waals surface area contributed by atoms with E-state index in [0.717, 1.165) is 12.8 Å². The van der Waals surface area contributed by atoms with Crippen LogP contribution in [0.5, 0.6) is 5.75 Å². The van der Waals surface area contributed by atoms with Gasteiger partial charge < -0.3 is 10.4 Å². The number of aromatic nitrogens is 2. The van der Waals surface area contributed by atoms with E-state index in [1.807, 2.05) is 6.07 Å². The van der Waals surface area contributed by atoms with Crippen LogP contribution in [0.3, 0.4) is 0 Å². The second-order valence-electron chi connectivity index (χ2n) is 5.49. The normalized spacial score (nSPS) is 14.2. The van der Waals surface area contributed by atoms with E-state index in [2.05, 4.69) is 15.3 Å². The summed E-state index contributed by atoms with van der Waals surface area (Å²) in [7, 11) is 0. The zero-order valence-electron chi connectivity index (χ0n) is 11.8. The van der Waals surface area contributed by atoms with Crippen molar-refractivity contribution in [3.8, 4) is 17.1 Å². The summed E-state index contributed by atoms with van der Waals surface area (Å²) in [4.78, 5) is 8.96. The summed E-state index contributed by atoms with van der Waals surface area (Å²) in [6.07, 6.45) is 2.18. The summed E-state index contributed by atoms with van der Waals surface area (Å²) in [5, 5.41) is 14.0. The van der Waals surface area contributed by atoms with Crippen LogP contribution in [0.15, 0.2) is 42.5 Å². The number of phenolic OH excluding ortho intramolecular Hbond substituents is 1. The molecule has 2 N–H and O–H groups in total. The van der Waals surface area contributed by atoms with Crippen molar-refractivity contribution in [1.82, 2.24) is 9.97 Å². The molecule has 3 aromatic rings. The highest BCUT2D eigenvalue weighted by atomic mass is 19.1. The molecule has 4 nitrogen and oxygen atoms in total. The monoisotopic (exact) mass is 295 g/mol. The molecule has 0 saturated heterocycles. The standard InChI is InChI=1S/C17H14FN3O/c18-10-5-8-14-13(9-10)17(19-11-6-7-11)21-16(20-14)12-3-1-2-4-15(12)22/h1-5,8-9,11,22H,6-7H2,(H,19,20,21). The minimum atomic E-state index is -0.315. The third kappa shape index (κ3) is 2.35. The number of hydrogen-bond donors (Lipinski definition) is 2. The van der Waals surface area contributed by atoms with Gasteiger partial charge in [-0.1, -0.05) is 12.1 Å². The van der Waals surface area contributed by atoms with Crippen LogP contribution < -0.4 is 5.32 Å². The van der Waals surface area contributed by atoms with Crippen molar-refractivity contribution in [2.75, 3.05) is 5.32 Å². The summed E-state index contributed by atoms with van der Waals surface area (Å²) in [6, 6.07) is 11.8. The minimum Gasteiger partial charge on any atom is -0.507 e. The lowest BCUT2D eigenvalue weighted by Crippen LogP contribution is -2.06. The molecule has 0 bridgehead atoms. The number of aromatic hydroxyl groups is 1. The van der Waals surface area contributed by atoms with Gasteiger partial charge in [-0.15, -0.1) is 0 Å². The van der Waals surface area contributed by atoms with Gasteiger partial charge in [0.2, 0.25) is 0 Å². The first-order chi connectivity index (χ1) is 10.7. The highest BCUT2D eigenvalue weighted by Crippen LogP contribution is 2.32. The second kappa shape index (κ2) is 4.94. The van der Waals surface area contributed by atoms with Gasteiger partial charge in [0, 0.05) is 11.4 Å². The van der Waals surface area contributed by atoms with Gasteiger partial charge in [-0.05, 0) is 43.2 Å². The minimum absolute atomic E-state index is 0.126. The largest absolute Gasteiger partial charge is 0.507 e. The maximum atomic E-state index is 13.5. The molecule has 1 fully saturated rings. The molecule has 0 spiro atoms. The van der Waals surface area contributed by atoms with Crippen LogP contribution in [0.25, 0.3) is 22.3 Å². The molecule has 4 rings (SSSR count). The van der Waals surface area contributed by atoms with Crippen LogP contribution in [0.1, 0.15) is 12.8 Å². The lowest BCUT2D eigenvalue weighted by Gasteiger charge is -2.11. The summed E-state index contributed by atoms with van der Waals surface area (Å²) in [6.45, 7) is 0. The lowest BCUT2D eigenvalue weighted by atomic mass is 10.1. The van der Waals surface area contributed by atoms with Crippen molar-refractivity contribution in [1.29, 1.82) is 0 Å². The highest BCUT2D eigenvalue weighted by molar-refractivity contribution is 5.91. The summed E-state index contributed by atoms with van der Waals surface area (Å²) in [5.74, 6) is 0.859. The van der Waals surface area contributed by atoms with Crippen LogP contribution in [0.2, 0.25) is 0 Å². The first kappa shape index (κ1) is 13.0. The van der Waals surface area contributed by atoms with E-state index in [4.69, 9.17) is 0 Å². The van der Waals surface area contributed by atoms with E-state index in [1.165, 1.54) is 12.1 Å². The fraction of sp³-hybridized carbons (Fsp3) is 0.176. The molecule has 1 aliphatic rings. The van der Waals surface area contributed by atoms with Crippen LogP contribution >= 0.6 is 0 Å². The van der Waals surface area contributed by atoms with Gasteiger partial charge in [0.05, 0.1) is 11.1 Å². The quantitative estimate of drug-likeness (QED) is 0.773. The summed E-state index contributed by atoms with van der Waals surface area (Å²) in [5.41, 5.74) is 1.21. The molecular weight excluding hydrogens is 281 g/mol. The lowest BCUT2D eigenvalue weighted by molar-refractivity contribution is 0.477. The smallest absolute Gasteiger partial charge is 0.165 e. The molecule has 110 valence electrons. The molecule has 0 radical (unpaired) electrons. The average molecular weight is 295 g/mol. The van der Waals surface area contributed by atoms with E-state index in [9.17, 15) is 9.50 Å². The van der Waals surface area contributed by atoms with Crippen molar-refractivity contribution < 1.29 is 9.50 Å². The maximum absolute atomic E-state index is 13.5. The van der Waals surface area contributed by atoms with Gasteiger partial charge in [0.1, 0.15) is 17.4 Å². The number of phenols is 1. The van der Waals surface area contributed by atoms with E-state index in [-0.39, 0.29) is 11.6 Å². The Labute approximate surface area is 126 Å². The summed E-state index contributed by atoms with van der Waals surface area (Å²) >= 11 is 0. The number of rotatable bonds is 3. The Morgan fingerprint density at radius 1 is 1.09 bits per heavy atom. The molecule has 0 aliphatic heterocycles. The topological polar surface area (TPSA) is 58.0 Å². The van der Waals surface area contributed by atoms with Gasteiger partial charge in [-0.2, -0.15) is 0 Å². The predicted octanol–water partition coefficient (Wildman–Crippen LogP) is 3.72. The molecule has 2 aromatic carbocycles. The Morgan fingerprint density at radius 2 is 1.91 bits per heavy atom. The number of fused-ring (bicyclic) bond motifs is 1. The van der Waals surface area contributed by atoms with E-state index in [1.54, 1.807) is 24.3 Å². The number of benzene rings is 2. The van der Waals surface area contributed by atoms with Crippen LogP contribution in [-0.4, -0.2) is 21.1 Å². The van der Waals surface area contributed by atoms with Gasteiger partial charge >= 0.3 is 0 Å². The van der Waals surface area contributed by atoms with Crippen molar-refractivity contribution in [2.45, 2.75) is 18.9 Å².